The highest BCUT2D eigenvalue weighted by atomic mass is 16.5. The number of rotatable bonds is 8. The third-order valence-corrected chi connectivity index (χ3v) is 5.98. The Bertz CT molecular complexity index is 955. The van der Waals surface area contributed by atoms with Crippen LogP contribution in [0.2, 0.25) is 0 Å². The Labute approximate surface area is 188 Å². The molecule has 1 saturated heterocycles. The predicted octanol–water partition coefficient (Wildman–Crippen LogP) is 4.58. The van der Waals surface area contributed by atoms with E-state index in [0.717, 1.165) is 37.9 Å². The first kappa shape index (κ1) is 21.9. The van der Waals surface area contributed by atoms with E-state index >= 15 is 0 Å². The highest BCUT2D eigenvalue weighted by Gasteiger charge is 2.49. The molecule has 32 heavy (non-hydrogen) atoms. The number of urea groups is 1. The van der Waals surface area contributed by atoms with Crippen LogP contribution in [0.1, 0.15) is 45.4 Å². The van der Waals surface area contributed by atoms with Crippen LogP contribution in [-0.4, -0.2) is 41.4 Å². The Morgan fingerprint density at radius 3 is 2.38 bits per heavy atom. The number of imide groups is 1. The first-order valence-corrected chi connectivity index (χ1v) is 11.3. The molecule has 1 N–H and O–H groups in total. The zero-order valence-corrected chi connectivity index (χ0v) is 18.3. The summed E-state index contributed by atoms with van der Waals surface area (Å²) in [6.07, 6.45) is 4.62. The van der Waals surface area contributed by atoms with Gasteiger partial charge in [-0.25, -0.2) is 9.69 Å². The predicted molar refractivity (Wildman–Crippen MR) is 123 cm³/mol. The quantitative estimate of drug-likeness (QED) is 0.616. The monoisotopic (exact) mass is 435 g/mol. The maximum absolute atomic E-state index is 13.3. The largest absolute Gasteiger partial charge is 0.494 e. The van der Waals surface area contributed by atoms with Gasteiger partial charge < -0.3 is 15.0 Å². The highest BCUT2D eigenvalue weighted by Crippen LogP contribution is 2.34. The van der Waals surface area contributed by atoms with E-state index in [2.05, 4.69) is 5.32 Å². The maximum atomic E-state index is 13.3. The minimum absolute atomic E-state index is 0.00652. The maximum Gasteiger partial charge on any atom is 0.332 e. The fraction of sp³-hybridized carbons (Fsp3) is 0.400. The van der Waals surface area contributed by atoms with Crippen molar-refractivity contribution in [2.75, 3.05) is 16.8 Å². The zero-order chi connectivity index (χ0) is 22.5. The van der Waals surface area contributed by atoms with Gasteiger partial charge in [0.05, 0.1) is 18.7 Å². The van der Waals surface area contributed by atoms with Gasteiger partial charge in [-0.2, -0.15) is 0 Å². The molecule has 7 nitrogen and oxygen atoms in total. The van der Waals surface area contributed by atoms with Crippen LogP contribution < -0.4 is 15.0 Å². The SMILES string of the molecule is CCCOc1ccc(NC(=O)C[C@@H]2C(=O)N(c3ccccc3)C(=O)N2C2CCCC2)cc1. The second-order valence-electron chi connectivity index (χ2n) is 8.28. The van der Waals surface area contributed by atoms with Crippen molar-refractivity contribution in [1.82, 2.24) is 4.90 Å². The van der Waals surface area contributed by atoms with Crippen molar-refractivity contribution in [2.45, 2.75) is 57.5 Å². The molecule has 2 aliphatic rings. The van der Waals surface area contributed by atoms with E-state index in [-0.39, 0.29) is 30.3 Å². The summed E-state index contributed by atoms with van der Waals surface area (Å²) in [7, 11) is 0. The lowest BCUT2D eigenvalue weighted by molar-refractivity contribution is -0.124. The third-order valence-electron chi connectivity index (χ3n) is 5.98. The van der Waals surface area contributed by atoms with Crippen LogP contribution in [0.15, 0.2) is 54.6 Å². The standard InChI is InChI=1S/C25H29N3O4/c1-2-16-32-21-14-12-18(13-15-21)26-23(29)17-22-24(30)28(20-8-4-3-5-9-20)25(31)27(22)19-10-6-7-11-19/h3-5,8-9,12-15,19,22H,2,6-7,10-11,16-17H2,1H3,(H,26,29)/t22-/m1/s1. The Morgan fingerprint density at radius 1 is 1.03 bits per heavy atom. The Hall–Kier alpha value is -3.35. The van der Waals surface area contributed by atoms with Crippen molar-refractivity contribution in [3.63, 3.8) is 0 Å². The van der Waals surface area contributed by atoms with Crippen LogP contribution >= 0.6 is 0 Å². The van der Waals surface area contributed by atoms with Gasteiger partial charge in [0, 0.05) is 11.7 Å². The van der Waals surface area contributed by atoms with Crippen molar-refractivity contribution in [1.29, 1.82) is 0 Å². The fourth-order valence-corrected chi connectivity index (χ4v) is 4.45. The molecule has 0 spiro atoms. The Kier molecular flexibility index (Phi) is 6.73. The number of anilines is 2. The van der Waals surface area contributed by atoms with Crippen LogP contribution in [0.5, 0.6) is 5.75 Å². The smallest absolute Gasteiger partial charge is 0.332 e. The van der Waals surface area contributed by atoms with E-state index < -0.39 is 6.04 Å². The van der Waals surface area contributed by atoms with E-state index in [4.69, 9.17) is 4.74 Å². The van der Waals surface area contributed by atoms with Crippen LogP contribution in [0.3, 0.4) is 0 Å². The first-order chi connectivity index (χ1) is 15.6. The number of nitrogens with one attached hydrogen (secondary N) is 1. The van der Waals surface area contributed by atoms with E-state index in [9.17, 15) is 14.4 Å². The summed E-state index contributed by atoms with van der Waals surface area (Å²) in [6.45, 7) is 2.68. The van der Waals surface area contributed by atoms with Crippen molar-refractivity contribution in [3.05, 3.63) is 54.6 Å². The van der Waals surface area contributed by atoms with Gasteiger partial charge in [-0.3, -0.25) is 9.59 Å². The summed E-state index contributed by atoms with van der Waals surface area (Å²) in [6, 6.07) is 14.9. The molecule has 0 aromatic heterocycles. The first-order valence-electron chi connectivity index (χ1n) is 11.3. The number of ether oxygens (including phenoxy) is 1. The van der Waals surface area contributed by atoms with Gasteiger partial charge in [-0.05, 0) is 55.7 Å². The van der Waals surface area contributed by atoms with Gasteiger partial charge in [-0.15, -0.1) is 0 Å². The summed E-state index contributed by atoms with van der Waals surface area (Å²) in [5.74, 6) is 0.107. The molecule has 1 aliphatic carbocycles. The van der Waals surface area contributed by atoms with Crippen LogP contribution in [0, 0.1) is 0 Å². The van der Waals surface area contributed by atoms with E-state index in [0.29, 0.717) is 18.0 Å². The molecule has 1 aliphatic heterocycles. The lowest BCUT2D eigenvalue weighted by atomic mass is 10.1. The lowest BCUT2D eigenvalue weighted by Crippen LogP contribution is -2.43. The number of benzene rings is 2. The molecule has 168 valence electrons. The van der Waals surface area contributed by atoms with E-state index in [1.165, 1.54) is 4.90 Å². The molecule has 1 heterocycles. The summed E-state index contributed by atoms with van der Waals surface area (Å²) in [5.41, 5.74) is 1.17. The van der Waals surface area contributed by atoms with Crippen LogP contribution in [0.25, 0.3) is 0 Å². The number of nitrogens with zero attached hydrogens (tertiary/aromatic N) is 2. The van der Waals surface area contributed by atoms with Crippen LogP contribution in [-0.2, 0) is 9.59 Å². The van der Waals surface area contributed by atoms with Gasteiger partial charge in [0.1, 0.15) is 11.8 Å². The molecule has 4 amide bonds. The molecule has 7 heteroatoms. The number of amides is 4. The van der Waals surface area contributed by atoms with Gasteiger partial charge in [-0.1, -0.05) is 38.0 Å². The number of carbonyl (C=O) groups excluding carboxylic acids is 3. The van der Waals surface area contributed by atoms with Gasteiger partial charge >= 0.3 is 6.03 Å². The molecule has 2 fully saturated rings. The minimum Gasteiger partial charge on any atom is -0.494 e. The zero-order valence-electron chi connectivity index (χ0n) is 18.3. The molecular weight excluding hydrogens is 406 g/mol. The van der Waals surface area contributed by atoms with E-state index in [1.54, 1.807) is 53.4 Å². The van der Waals surface area contributed by atoms with E-state index in [1.807, 2.05) is 13.0 Å². The molecule has 2 aromatic carbocycles. The number of hydrogen-bond acceptors (Lipinski definition) is 4. The fourth-order valence-electron chi connectivity index (χ4n) is 4.45. The average Bonchev–Trinajstić information content (AvgIpc) is 3.40. The molecule has 0 unspecified atom stereocenters. The normalized spacial score (nSPS) is 19.0. The second kappa shape index (κ2) is 9.85. The summed E-state index contributed by atoms with van der Waals surface area (Å²) >= 11 is 0. The van der Waals surface area contributed by atoms with Crippen molar-refractivity contribution < 1.29 is 19.1 Å². The van der Waals surface area contributed by atoms with Crippen molar-refractivity contribution in [2.24, 2.45) is 0 Å². The lowest BCUT2D eigenvalue weighted by Gasteiger charge is -2.27. The molecule has 4 rings (SSSR count). The summed E-state index contributed by atoms with van der Waals surface area (Å²) < 4.78 is 5.57. The Balaban J connectivity index is 1.49. The minimum atomic E-state index is -0.794. The number of hydrogen-bond donors (Lipinski definition) is 1. The molecule has 0 bridgehead atoms. The van der Waals surface area contributed by atoms with Gasteiger partial charge in [0.15, 0.2) is 0 Å². The average molecular weight is 436 g/mol. The second-order valence-corrected chi connectivity index (χ2v) is 8.28. The molecule has 1 saturated carbocycles. The number of carbonyl (C=O) groups is 3. The summed E-state index contributed by atoms with van der Waals surface area (Å²) in [4.78, 5) is 42.2. The molecule has 2 aromatic rings. The van der Waals surface area contributed by atoms with Gasteiger partial charge in [0.25, 0.3) is 5.91 Å². The number of para-hydroxylation sites is 1. The van der Waals surface area contributed by atoms with Crippen LogP contribution in [0.4, 0.5) is 16.2 Å². The third kappa shape index (κ3) is 4.61. The van der Waals surface area contributed by atoms with Crippen molar-refractivity contribution >= 4 is 29.2 Å². The molecule has 0 radical (unpaired) electrons. The topological polar surface area (TPSA) is 79.0 Å². The summed E-state index contributed by atoms with van der Waals surface area (Å²) in [5, 5.41) is 2.85. The van der Waals surface area contributed by atoms with Crippen molar-refractivity contribution in [3.8, 4) is 5.75 Å². The van der Waals surface area contributed by atoms with Gasteiger partial charge in [0.2, 0.25) is 5.91 Å². The molecule has 1 atom stereocenters. The Morgan fingerprint density at radius 2 is 1.72 bits per heavy atom. The highest BCUT2D eigenvalue weighted by molar-refractivity contribution is 6.22. The molecular formula is C25H29N3O4.